The first kappa shape index (κ1) is 21.5. The summed E-state index contributed by atoms with van der Waals surface area (Å²) in [7, 11) is 4.07. The number of hydrogen-bond donors (Lipinski definition) is 0. The van der Waals surface area contributed by atoms with Gasteiger partial charge in [0.15, 0.2) is 5.13 Å². The number of amides is 1. The minimum atomic E-state index is -0.0869. The molecule has 0 saturated carbocycles. The first-order valence-electron chi connectivity index (χ1n) is 9.62. The summed E-state index contributed by atoms with van der Waals surface area (Å²) in [5.41, 5.74) is 4.20. The van der Waals surface area contributed by atoms with Crippen molar-refractivity contribution < 1.29 is 4.79 Å². The van der Waals surface area contributed by atoms with E-state index in [-0.39, 0.29) is 5.91 Å². The molecule has 0 bridgehead atoms. The van der Waals surface area contributed by atoms with Crippen LogP contribution in [0.25, 0.3) is 16.3 Å². The van der Waals surface area contributed by atoms with Crippen molar-refractivity contribution in [1.29, 1.82) is 0 Å². The van der Waals surface area contributed by atoms with E-state index in [4.69, 9.17) is 16.6 Å². The van der Waals surface area contributed by atoms with Gasteiger partial charge in [0.05, 0.1) is 10.2 Å². The Hall–Kier alpha value is -2.21. The zero-order valence-corrected chi connectivity index (χ0v) is 18.8. The van der Waals surface area contributed by atoms with E-state index in [0.717, 1.165) is 33.9 Å². The molecule has 1 aromatic heterocycles. The van der Waals surface area contributed by atoms with Crippen molar-refractivity contribution in [3.63, 3.8) is 0 Å². The standard InChI is InChI=1S/C23H26ClN3OS/c1-16-14-20-21(15-17(16)2)29-23(25-20)27(13-7-12-26(3)4)22(28)11-10-18-8-5-6-9-19(18)24/h5-6,8-11,14-15H,7,12-13H2,1-4H3. The summed E-state index contributed by atoms with van der Waals surface area (Å²) in [6.45, 7) is 5.70. The van der Waals surface area contributed by atoms with Gasteiger partial charge in [0, 0.05) is 17.6 Å². The van der Waals surface area contributed by atoms with Crippen LogP contribution < -0.4 is 4.90 Å². The van der Waals surface area contributed by atoms with E-state index in [0.29, 0.717) is 11.6 Å². The minimum absolute atomic E-state index is 0.0869. The fourth-order valence-electron chi connectivity index (χ4n) is 2.99. The molecule has 0 aliphatic carbocycles. The van der Waals surface area contributed by atoms with Gasteiger partial charge in [-0.15, -0.1) is 0 Å². The maximum absolute atomic E-state index is 13.1. The quantitative estimate of drug-likeness (QED) is 0.463. The molecule has 152 valence electrons. The van der Waals surface area contributed by atoms with Crippen LogP contribution in [0.1, 0.15) is 23.1 Å². The molecule has 1 amide bonds. The van der Waals surface area contributed by atoms with Crippen LogP contribution in [0, 0.1) is 13.8 Å². The Kier molecular flexibility index (Phi) is 7.06. The highest BCUT2D eigenvalue weighted by atomic mass is 35.5. The fourth-order valence-corrected chi connectivity index (χ4v) is 4.27. The Morgan fingerprint density at radius 2 is 1.86 bits per heavy atom. The SMILES string of the molecule is Cc1cc2nc(N(CCCN(C)C)C(=O)C=Cc3ccccc3Cl)sc2cc1C. The van der Waals surface area contributed by atoms with Crippen LogP contribution in [0.5, 0.6) is 0 Å². The van der Waals surface area contributed by atoms with Crippen molar-refractivity contribution in [1.82, 2.24) is 9.88 Å². The number of aryl methyl sites for hydroxylation is 2. The van der Waals surface area contributed by atoms with Crippen LogP contribution >= 0.6 is 22.9 Å². The summed E-state index contributed by atoms with van der Waals surface area (Å²) < 4.78 is 1.10. The lowest BCUT2D eigenvalue weighted by atomic mass is 10.1. The third kappa shape index (κ3) is 5.44. The lowest BCUT2D eigenvalue weighted by Gasteiger charge is -2.19. The number of carbonyl (C=O) groups is 1. The van der Waals surface area contributed by atoms with Gasteiger partial charge in [0.25, 0.3) is 5.91 Å². The molecule has 0 saturated heterocycles. The van der Waals surface area contributed by atoms with E-state index < -0.39 is 0 Å². The Bertz CT molecular complexity index is 1000. The molecule has 6 heteroatoms. The van der Waals surface area contributed by atoms with E-state index in [1.54, 1.807) is 28.4 Å². The highest BCUT2D eigenvalue weighted by Gasteiger charge is 2.18. The largest absolute Gasteiger partial charge is 0.309 e. The van der Waals surface area contributed by atoms with Crippen LogP contribution in [0.3, 0.4) is 0 Å². The van der Waals surface area contributed by atoms with Gasteiger partial charge in [-0.3, -0.25) is 9.69 Å². The molecule has 0 radical (unpaired) electrons. The zero-order chi connectivity index (χ0) is 21.0. The average molecular weight is 428 g/mol. The second-order valence-electron chi connectivity index (χ2n) is 7.40. The third-order valence-corrected chi connectivity index (χ3v) is 6.17. The molecule has 0 N–H and O–H groups in total. The van der Waals surface area contributed by atoms with Gasteiger partial charge in [-0.1, -0.05) is 41.1 Å². The first-order valence-corrected chi connectivity index (χ1v) is 10.8. The molecule has 4 nitrogen and oxygen atoms in total. The summed E-state index contributed by atoms with van der Waals surface area (Å²) in [5, 5.41) is 1.36. The molecule has 1 heterocycles. The van der Waals surface area contributed by atoms with Gasteiger partial charge in [0.1, 0.15) is 0 Å². The lowest BCUT2D eigenvalue weighted by molar-refractivity contribution is -0.114. The Labute approximate surface area is 181 Å². The van der Waals surface area contributed by atoms with Gasteiger partial charge in [-0.2, -0.15) is 0 Å². The third-order valence-electron chi connectivity index (χ3n) is 4.79. The van der Waals surface area contributed by atoms with Crippen LogP contribution in [0.15, 0.2) is 42.5 Å². The number of fused-ring (bicyclic) bond motifs is 1. The number of halogens is 1. The summed E-state index contributed by atoms with van der Waals surface area (Å²) in [5.74, 6) is -0.0869. The molecule has 0 aliphatic heterocycles. The Morgan fingerprint density at radius 3 is 2.59 bits per heavy atom. The summed E-state index contributed by atoms with van der Waals surface area (Å²) in [6.07, 6.45) is 4.22. The highest BCUT2D eigenvalue weighted by Crippen LogP contribution is 2.31. The normalized spacial score (nSPS) is 11.7. The second kappa shape index (κ2) is 9.53. The van der Waals surface area contributed by atoms with Crippen molar-refractivity contribution in [3.05, 3.63) is 64.2 Å². The molecule has 0 spiro atoms. The van der Waals surface area contributed by atoms with E-state index in [1.807, 2.05) is 38.4 Å². The fraction of sp³-hybridized carbons (Fsp3) is 0.304. The summed E-state index contributed by atoms with van der Waals surface area (Å²) in [4.78, 5) is 21.7. The van der Waals surface area contributed by atoms with E-state index >= 15 is 0 Å². The van der Waals surface area contributed by atoms with Gasteiger partial charge in [0.2, 0.25) is 0 Å². The van der Waals surface area contributed by atoms with Crippen molar-refractivity contribution in [3.8, 4) is 0 Å². The minimum Gasteiger partial charge on any atom is -0.309 e. The number of hydrogen-bond acceptors (Lipinski definition) is 4. The van der Waals surface area contributed by atoms with Gasteiger partial charge in [-0.05, 0) is 81.9 Å². The Morgan fingerprint density at radius 1 is 1.14 bits per heavy atom. The molecule has 29 heavy (non-hydrogen) atoms. The number of rotatable bonds is 7. The Balaban J connectivity index is 1.89. The molecule has 0 unspecified atom stereocenters. The van der Waals surface area contributed by atoms with Crippen LogP contribution in [-0.2, 0) is 4.79 Å². The molecule has 2 aromatic carbocycles. The van der Waals surface area contributed by atoms with E-state index in [9.17, 15) is 4.79 Å². The van der Waals surface area contributed by atoms with Crippen LogP contribution in [-0.4, -0.2) is 43.0 Å². The smallest absolute Gasteiger partial charge is 0.252 e. The molecule has 3 rings (SSSR count). The second-order valence-corrected chi connectivity index (χ2v) is 8.82. The van der Waals surface area contributed by atoms with Gasteiger partial charge >= 0.3 is 0 Å². The van der Waals surface area contributed by atoms with Crippen molar-refractivity contribution in [2.45, 2.75) is 20.3 Å². The molecular formula is C23H26ClN3OS. The van der Waals surface area contributed by atoms with Crippen molar-refractivity contribution in [2.24, 2.45) is 0 Å². The molecule has 0 atom stereocenters. The molecule has 0 fully saturated rings. The first-order chi connectivity index (χ1) is 13.8. The van der Waals surface area contributed by atoms with Crippen LogP contribution in [0.2, 0.25) is 5.02 Å². The number of carbonyl (C=O) groups excluding carboxylic acids is 1. The molecule has 3 aromatic rings. The maximum Gasteiger partial charge on any atom is 0.252 e. The predicted molar refractivity (Wildman–Crippen MR) is 125 cm³/mol. The van der Waals surface area contributed by atoms with Crippen LogP contribution in [0.4, 0.5) is 5.13 Å². The van der Waals surface area contributed by atoms with Gasteiger partial charge in [-0.25, -0.2) is 4.98 Å². The number of anilines is 1. The summed E-state index contributed by atoms with van der Waals surface area (Å²) >= 11 is 7.77. The maximum atomic E-state index is 13.1. The summed E-state index contributed by atoms with van der Waals surface area (Å²) in [6, 6.07) is 11.7. The average Bonchev–Trinajstić information content (AvgIpc) is 3.06. The molecular weight excluding hydrogens is 402 g/mol. The zero-order valence-electron chi connectivity index (χ0n) is 17.3. The highest BCUT2D eigenvalue weighted by molar-refractivity contribution is 7.22. The van der Waals surface area contributed by atoms with Gasteiger partial charge < -0.3 is 4.90 Å². The van der Waals surface area contributed by atoms with E-state index in [1.165, 1.54) is 11.1 Å². The number of nitrogens with zero attached hydrogens (tertiary/aromatic N) is 3. The van der Waals surface area contributed by atoms with E-state index in [2.05, 4.69) is 30.9 Å². The monoisotopic (exact) mass is 427 g/mol. The number of aromatic nitrogens is 1. The molecule has 0 aliphatic rings. The van der Waals surface area contributed by atoms with Crippen molar-refractivity contribution >= 4 is 50.3 Å². The predicted octanol–water partition coefficient (Wildman–Crippen LogP) is 5.56. The number of benzene rings is 2. The van der Waals surface area contributed by atoms with Crippen molar-refractivity contribution in [2.75, 3.05) is 32.1 Å². The number of thiazole rings is 1. The topological polar surface area (TPSA) is 36.4 Å². The lowest BCUT2D eigenvalue weighted by Crippen LogP contribution is -2.32.